The molecule has 1 fully saturated rings. The van der Waals surface area contributed by atoms with Gasteiger partial charge in [-0.2, -0.15) is 0 Å². The molecule has 1 saturated heterocycles. The summed E-state index contributed by atoms with van der Waals surface area (Å²) in [5.74, 6) is -1.03. The van der Waals surface area contributed by atoms with Crippen molar-refractivity contribution in [2.45, 2.75) is 25.3 Å². The van der Waals surface area contributed by atoms with Crippen molar-refractivity contribution < 1.29 is 14.1 Å². The van der Waals surface area contributed by atoms with E-state index in [4.69, 9.17) is 0 Å². The van der Waals surface area contributed by atoms with Gasteiger partial charge in [0.15, 0.2) is 5.82 Å². The highest BCUT2D eigenvalue weighted by Gasteiger charge is 2.33. The van der Waals surface area contributed by atoms with Crippen molar-refractivity contribution in [3.8, 4) is 0 Å². The molecular formula is C13H14N4O3S. The number of carbonyl (C=O) groups is 2. The zero-order valence-corrected chi connectivity index (χ0v) is 12.0. The van der Waals surface area contributed by atoms with E-state index in [2.05, 4.69) is 20.0 Å². The minimum Gasteiger partial charge on any atom is -0.363 e. The summed E-state index contributed by atoms with van der Waals surface area (Å²) in [7, 11) is 0. The molecule has 3 heterocycles. The van der Waals surface area contributed by atoms with Gasteiger partial charge in [-0.1, -0.05) is 5.16 Å². The summed E-state index contributed by atoms with van der Waals surface area (Å²) >= 11 is 1.50. The Bertz CT molecular complexity index is 611. The van der Waals surface area contributed by atoms with Crippen LogP contribution >= 0.6 is 11.3 Å². The van der Waals surface area contributed by atoms with E-state index < -0.39 is 11.8 Å². The summed E-state index contributed by atoms with van der Waals surface area (Å²) in [4.78, 5) is 30.3. The molecule has 0 radical (unpaired) electrons. The Labute approximate surface area is 124 Å². The van der Waals surface area contributed by atoms with Crippen LogP contribution in [0.1, 0.15) is 30.3 Å². The van der Waals surface area contributed by atoms with Crippen LogP contribution in [0.3, 0.4) is 0 Å². The number of carbonyl (C=O) groups excluding carboxylic acids is 2. The number of aromatic nitrogens is 2. The second kappa shape index (κ2) is 6.04. The van der Waals surface area contributed by atoms with Crippen LogP contribution in [0.4, 0.5) is 5.82 Å². The van der Waals surface area contributed by atoms with Crippen molar-refractivity contribution in [3.05, 3.63) is 28.9 Å². The predicted molar refractivity (Wildman–Crippen MR) is 75.6 cm³/mol. The number of hydrogen-bond donors (Lipinski definition) is 1. The lowest BCUT2D eigenvalue weighted by molar-refractivity contribution is -0.145. The monoisotopic (exact) mass is 306 g/mol. The zero-order chi connectivity index (χ0) is 14.7. The minimum absolute atomic E-state index is 0.116. The molecule has 2 aromatic heterocycles. The second-order valence-electron chi connectivity index (χ2n) is 4.72. The molecule has 2 aromatic rings. The van der Waals surface area contributed by atoms with E-state index in [1.807, 2.05) is 5.38 Å². The number of piperidine rings is 1. The number of anilines is 1. The topological polar surface area (TPSA) is 88.3 Å². The van der Waals surface area contributed by atoms with Gasteiger partial charge in [-0.3, -0.25) is 14.9 Å². The van der Waals surface area contributed by atoms with Gasteiger partial charge in [0.25, 0.3) is 0 Å². The lowest BCUT2D eigenvalue weighted by Crippen LogP contribution is -2.44. The molecule has 0 spiro atoms. The fourth-order valence-electron chi connectivity index (χ4n) is 2.41. The third kappa shape index (κ3) is 2.94. The van der Waals surface area contributed by atoms with Gasteiger partial charge in [0.2, 0.25) is 0 Å². The van der Waals surface area contributed by atoms with Gasteiger partial charge in [-0.15, -0.1) is 11.3 Å². The Hall–Kier alpha value is -2.22. The zero-order valence-electron chi connectivity index (χ0n) is 11.2. The molecule has 1 aliphatic rings. The average Bonchev–Trinajstić information content (AvgIpc) is 3.19. The maximum absolute atomic E-state index is 12.4. The van der Waals surface area contributed by atoms with E-state index in [1.165, 1.54) is 23.7 Å². The number of nitrogens with one attached hydrogen (secondary N) is 1. The molecule has 0 aliphatic carbocycles. The second-order valence-corrected chi connectivity index (χ2v) is 5.65. The van der Waals surface area contributed by atoms with Gasteiger partial charge < -0.3 is 9.42 Å². The molecule has 21 heavy (non-hydrogen) atoms. The molecular weight excluding hydrogens is 292 g/mol. The van der Waals surface area contributed by atoms with Crippen molar-refractivity contribution in [2.75, 3.05) is 11.9 Å². The lowest BCUT2D eigenvalue weighted by atomic mass is 10.0. The summed E-state index contributed by atoms with van der Waals surface area (Å²) in [6, 6.07) is 1.37. The van der Waals surface area contributed by atoms with Crippen molar-refractivity contribution in [1.29, 1.82) is 0 Å². The number of amides is 2. The van der Waals surface area contributed by atoms with Crippen LogP contribution in [0.5, 0.6) is 0 Å². The number of hydrogen-bond acceptors (Lipinski definition) is 6. The summed E-state index contributed by atoms with van der Waals surface area (Å²) in [5, 5.41) is 8.75. The highest BCUT2D eigenvalue weighted by molar-refractivity contribution is 7.09. The smallest absolute Gasteiger partial charge is 0.315 e. The normalized spacial score (nSPS) is 18.5. The minimum atomic E-state index is -0.702. The number of nitrogens with zero attached hydrogens (tertiary/aromatic N) is 3. The van der Waals surface area contributed by atoms with Gasteiger partial charge in [-0.05, 0) is 19.3 Å². The Morgan fingerprint density at radius 2 is 2.33 bits per heavy atom. The van der Waals surface area contributed by atoms with E-state index in [0.29, 0.717) is 6.54 Å². The predicted octanol–water partition coefficient (Wildman–Crippen LogP) is 1.82. The molecule has 2 amide bonds. The maximum Gasteiger partial charge on any atom is 0.315 e. The third-order valence-electron chi connectivity index (χ3n) is 3.37. The highest BCUT2D eigenvalue weighted by atomic mass is 32.1. The van der Waals surface area contributed by atoms with Crippen molar-refractivity contribution >= 4 is 29.0 Å². The molecule has 7 nitrogen and oxygen atoms in total. The molecule has 0 bridgehead atoms. The van der Waals surface area contributed by atoms with Crippen LogP contribution in [0.15, 0.2) is 28.4 Å². The van der Waals surface area contributed by atoms with Gasteiger partial charge >= 0.3 is 11.8 Å². The third-order valence-corrected chi connectivity index (χ3v) is 4.25. The first-order valence-corrected chi connectivity index (χ1v) is 7.55. The standard InChI is InChI=1S/C13H14N4O3S/c18-11(15-10-4-7-20-16-10)13(19)17-6-2-1-3-9(17)12-14-5-8-21-12/h4-5,7-9H,1-3,6H2,(H,15,16,18)/t9-/m0/s1. The van der Waals surface area contributed by atoms with Crippen LogP contribution < -0.4 is 5.32 Å². The van der Waals surface area contributed by atoms with E-state index in [1.54, 1.807) is 11.1 Å². The first-order chi connectivity index (χ1) is 10.3. The molecule has 110 valence electrons. The Balaban J connectivity index is 1.73. The fraction of sp³-hybridized carbons (Fsp3) is 0.385. The Morgan fingerprint density at radius 1 is 1.43 bits per heavy atom. The lowest BCUT2D eigenvalue weighted by Gasteiger charge is -2.33. The fourth-order valence-corrected chi connectivity index (χ4v) is 3.19. The van der Waals surface area contributed by atoms with Gasteiger partial charge in [0, 0.05) is 24.2 Å². The molecule has 3 rings (SSSR count). The Kier molecular flexibility index (Phi) is 3.96. The molecule has 1 N–H and O–H groups in total. The van der Waals surface area contributed by atoms with Crippen LogP contribution in [-0.2, 0) is 9.59 Å². The summed E-state index contributed by atoms with van der Waals surface area (Å²) in [6.07, 6.45) is 5.80. The van der Waals surface area contributed by atoms with Crippen LogP contribution in [0, 0.1) is 0 Å². The SMILES string of the molecule is O=C(Nc1ccon1)C(=O)N1CCCC[C@H]1c1nccs1. The van der Waals surface area contributed by atoms with E-state index in [9.17, 15) is 9.59 Å². The molecule has 8 heteroatoms. The van der Waals surface area contributed by atoms with Crippen molar-refractivity contribution in [2.24, 2.45) is 0 Å². The van der Waals surface area contributed by atoms with Crippen LogP contribution in [-0.4, -0.2) is 33.4 Å². The molecule has 1 atom stereocenters. The van der Waals surface area contributed by atoms with Crippen LogP contribution in [0.2, 0.25) is 0 Å². The largest absolute Gasteiger partial charge is 0.363 e. The van der Waals surface area contributed by atoms with Gasteiger partial charge in [0.1, 0.15) is 11.3 Å². The summed E-state index contributed by atoms with van der Waals surface area (Å²) in [5.41, 5.74) is 0. The summed E-state index contributed by atoms with van der Waals surface area (Å²) in [6.45, 7) is 0.565. The molecule has 0 saturated carbocycles. The van der Waals surface area contributed by atoms with E-state index >= 15 is 0 Å². The highest BCUT2D eigenvalue weighted by Crippen LogP contribution is 2.32. The van der Waals surface area contributed by atoms with Crippen molar-refractivity contribution in [1.82, 2.24) is 15.0 Å². The number of likely N-dealkylation sites (tertiary alicyclic amines) is 1. The number of thiazole rings is 1. The average molecular weight is 306 g/mol. The van der Waals surface area contributed by atoms with Gasteiger partial charge in [0.05, 0.1) is 6.04 Å². The van der Waals surface area contributed by atoms with E-state index in [-0.39, 0.29) is 11.9 Å². The Morgan fingerprint density at radius 3 is 3.05 bits per heavy atom. The molecule has 0 unspecified atom stereocenters. The first kappa shape index (κ1) is 13.7. The van der Waals surface area contributed by atoms with Gasteiger partial charge in [-0.25, -0.2) is 4.98 Å². The van der Waals surface area contributed by atoms with E-state index in [0.717, 1.165) is 24.3 Å². The molecule has 0 aromatic carbocycles. The quantitative estimate of drug-likeness (QED) is 0.855. The summed E-state index contributed by atoms with van der Waals surface area (Å²) < 4.78 is 4.62. The number of rotatable bonds is 2. The maximum atomic E-state index is 12.4. The molecule has 1 aliphatic heterocycles. The van der Waals surface area contributed by atoms with Crippen molar-refractivity contribution in [3.63, 3.8) is 0 Å². The van der Waals surface area contributed by atoms with Crippen LogP contribution in [0.25, 0.3) is 0 Å². The first-order valence-electron chi connectivity index (χ1n) is 6.67.